The lowest BCUT2D eigenvalue weighted by Gasteiger charge is -2.04. The van der Waals surface area contributed by atoms with Crippen molar-refractivity contribution < 1.29 is 9.53 Å². The van der Waals surface area contributed by atoms with E-state index in [4.69, 9.17) is 51.1 Å². The van der Waals surface area contributed by atoms with Gasteiger partial charge in [0.1, 0.15) is 6.61 Å². The number of ether oxygens (including phenoxy) is 1. The molecule has 0 heterocycles. The first kappa shape index (κ1) is 17.2. The Morgan fingerprint density at radius 2 is 1.73 bits per heavy atom. The van der Waals surface area contributed by atoms with Crippen LogP contribution in [0.25, 0.3) is 6.08 Å². The predicted octanol–water partition coefficient (Wildman–Crippen LogP) is 6.06. The zero-order valence-corrected chi connectivity index (χ0v) is 14.2. The van der Waals surface area contributed by atoms with Crippen LogP contribution in [0, 0.1) is 0 Å². The first-order valence-corrected chi connectivity index (χ1v) is 7.71. The van der Waals surface area contributed by atoms with Crippen LogP contribution >= 0.6 is 46.4 Å². The minimum absolute atomic E-state index is 0.106. The van der Waals surface area contributed by atoms with E-state index in [1.165, 1.54) is 6.08 Å². The predicted molar refractivity (Wildman–Crippen MR) is 91.8 cm³/mol. The highest BCUT2D eigenvalue weighted by Gasteiger charge is 2.03. The van der Waals surface area contributed by atoms with Crippen LogP contribution in [0.3, 0.4) is 0 Å². The van der Waals surface area contributed by atoms with Gasteiger partial charge >= 0.3 is 5.97 Å². The fourth-order valence-corrected chi connectivity index (χ4v) is 2.42. The molecule has 0 amide bonds. The summed E-state index contributed by atoms with van der Waals surface area (Å²) in [6.45, 7) is 0.106. The summed E-state index contributed by atoms with van der Waals surface area (Å²) in [6, 6.07) is 10.0. The van der Waals surface area contributed by atoms with Gasteiger partial charge in [0.2, 0.25) is 0 Å². The smallest absolute Gasteiger partial charge is 0.331 e. The number of carbonyl (C=O) groups is 1. The maximum absolute atomic E-state index is 11.7. The van der Waals surface area contributed by atoms with E-state index in [0.717, 1.165) is 5.56 Å². The average Bonchev–Trinajstić information content (AvgIpc) is 2.47. The topological polar surface area (TPSA) is 26.3 Å². The van der Waals surface area contributed by atoms with Gasteiger partial charge < -0.3 is 4.74 Å². The second-order valence-corrected chi connectivity index (χ2v) is 6.01. The third-order valence-electron chi connectivity index (χ3n) is 2.73. The van der Waals surface area contributed by atoms with Crippen molar-refractivity contribution in [1.29, 1.82) is 0 Å². The molecule has 0 saturated heterocycles. The molecule has 2 aromatic rings. The van der Waals surface area contributed by atoms with Gasteiger partial charge in [-0.1, -0.05) is 58.5 Å². The molecule has 0 unspecified atom stereocenters. The van der Waals surface area contributed by atoms with E-state index < -0.39 is 5.97 Å². The summed E-state index contributed by atoms with van der Waals surface area (Å²) in [6.07, 6.45) is 2.86. The van der Waals surface area contributed by atoms with Crippen LogP contribution in [-0.4, -0.2) is 5.97 Å². The number of hydrogen-bond donors (Lipinski definition) is 0. The van der Waals surface area contributed by atoms with Crippen molar-refractivity contribution in [2.75, 3.05) is 0 Å². The average molecular weight is 376 g/mol. The van der Waals surface area contributed by atoms with Gasteiger partial charge in [0.15, 0.2) is 0 Å². The number of carbonyl (C=O) groups excluding carboxylic acids is 1. The summed E-state index contributed by atoms with van der Waals surface area (Å²) in [5.74, 6) is -0.489. The molecule has 0 saturated carbocycles. The van der Waals surface area contributed by atoms with E-state index in [9.17, 15) is 4.79 Å². The third kappa shape index (κ3) is 4.92. The van der Waals surface area contributed by atoms with E-state index in [1.54, 1.807) is 42.5 Å². The van der Waals surface area contributed by atoms with Gasteiger partial charge in [0.05, 0.1) is 10.0 Å². The monoisotopic (exact) mass is 374 g/mol. The Kier molecular flexibility index (Phi) is 6.16. The molecule has 6 heteroatoms. The van der Waals surface area contributed by atoms with Crippen LogP contribution in [0.5, 0.6) is 0 Å². The Labute approximate surface area is 148 Å². The van der Waals surface area contributed by atoms with Crippen molar-refractivity contribution in [2.45, 2.75) is 6.61 Å². The van der Waals surface area contributed by atoms with Crippen LogP contribution in [0.15, 0.2) is 42.5 Å². The molecular weight excluding hydrogens is 366 g/mol. The van der Waals surface area contributed by atoms with Crippen molar-refractivity contribution in [3.63, 3.8) is 0 Å². The Morgan fingerprint density at radius 1 is 0.955 bits per heavy atom. The van der Waals surface area contributed by atoms with Crippen LogP contribution in [0.4, 0.5) is 0 Å². The van der Waals surface area contributed by atoms with Crippen molar-refractivity contribution in [1.82, 2.24) is 0 Å². The Balaban J connectivity index is 1.95. The maximum atomic E-state index is 11.7. The second-order valence-electron chi connectivity index (χ2n) is 4.36. The lowest BCUT2D eigenvalue weighted by atomic mass is 10.2. The Bertz CT molecular complexity index is 726. The van der Waals surface area contributed by atoms with Crippen molar-refractivity contribution in [2.24, 2.45) is 0 Å². The SMILES string of the molecule is O=C(/C=C/c1ccc(Cl)cc1Cl)OCc1ccc(Cl)c(Cl)c1. The molecule has 2 aromatic carbocycles. The second kappa shape index (κ2) is 7.89. The van der Waals surface area contributed by atoms with Gasteiger partial charge in [-0.15, -0.1) is 0 Å². The molecular formula is C16H10Cl4O2. The van der Waals surface area contributed by atoms with Crippen LogP contribution in [-0.2, 0) is 16.1 Å². The fourth-order valence-electron chi connectivity index (χ4n) is 1.63. The van der Waals surface area contributed by atoms with E-state index in [2.05, 4.69) is 0 Å². The maximum Gasteiger partial charge on any atom is 0.331 e. The van der Waals surface area contributed by atoms with Gasteiger partial charge in [0, 0.05) is 16.1 Å². The zero-order chi connectivity index (χ0) is 16.1. The van der Waals surface area contributed by atoms with E-state index >= 15 is 0 Å². The lowest BCUT2D eigenvalue weighted by molar-refractivity contribution is -0.138. The molecule has 0 fully saturated rings. The molecule has 0 aromatic heterocycles. The minimum Gasteiger partial charge on any atom is -0.458 e. The van der Waals surface area contributed by atoms with Crippen molar-refractivity contribution >= 4 is 58.4 Å². The minimum atomic E-state index is -0.489. The molecule has 114 valence electrons. The van der Waals surface area contributed by atoms with Gasteiger partial charge in [-0.05, 0) is 41.5 Å². The summed E-state index contributed by atoms with van der Waals surface area (Å²) in [7, 11) is 0. The largest absolute Gasteiger partial charge is 0.458 e. The molecule has 0 spiro atoms. The van der Waals surface area contributed by atoms with Crippen LogP contribution in [0.1, 0.15) is 11.1 Å². The highest BCUT2D eigenvalue weighted by atomic mass is 35.5. The summed E-state index contributed by atoms with van der Waals surface area (Å²) in [5.41, 5.74) is 1.43. The van der Waals surface area contributed by atoms with Crippen molar-refractivity contribution in [3.8, 4) is 0 Å². The number of halogens is 4. The molecule has 0 radical (unpaired) electrons. The lowest BCUT2D eigenvalue weighted by Crippen LogP contribution is -2.00. The van der Waals surface area contributed by atoms with Crippen LogP contribution < -0.4 is 0 Å². The fraction of sp³-hybridized carbons (Fsp3) is 0.0625. The number of hydrogen-bond acceptors (Lipinski definition) is 2. The number of esters is 1. The molecule has 0 aliphatic heterocycles. The van der Waals surface area contributed by atoms with E-state index in [0.29, 0.717) is 25.7 Å². The first-order chi connectivity index (χ1) is 10.5. The third-order valence-corrected chi connectivity index (χ3v) is 4.03. The van der Waals surface area contributed by atoms with Gasteiger partial charge in [-0.3, -0.25) is 0 Å². The highest BCUT2D eigenvalue weighted by Crippen LogP contribution is 2.23. The first-order valence-electron chi connectivity index (χ1n) is 6.19. The molecule has 0 N–H and O–H groups in total. The number of rotatable bonds is 4. The summed E-state index contributed by atoms with van der Waals surface area (Å²) < 4.78 is 5.11. The normalized spacial score (nSPS) is 10.9. The van der Waals surface area contributed by atoms with Gasteiger partial charge in [0.25, 0.3) is 0 Å². The van der Waals surface area contributed by atoms with E-state index in [-0.39, 0.29) is 6.61 Å². The molecule has 0 atom stereocenters. The zero-order valence-electron chi connectivity index (χ0n) is 11.2. The van der Waals surface area contributed by atoms with Gasteiger partial charge in [-0.25, -0.2) is 4.79 Å². The van der Waals surface area contributed by atoms with Crippen molar-refractivity contribution in [3.05, 3.63) is 73.7 Å². The highest BCUT2D eigenvalue weighted by molar-refractivity contribution is 6.42. The standard InChI is InChI=1S/C16H10Cl4O2/c17-12-4-2-11(14(19)8-12)3-6-16(21)22-9-10-1-5-13(18)15(20)7-10/h1-8H,9H2/b6-3+. The molecule has 22 heavy (non-hydrogen) atoms. The van der Waals surface area contributed by atoms with Gasteiger partial charge in [-0.2, -0.15) is 0 Å². The Hall–Kier alpha value is -1.19. The molecule has 0 bridgehead atoms. The summed E-state index contributed by atoms with van der Waals surface area (Å²) in [4.78, 5) is 11.7. The molecule has 0 aliphatic carbocycles. The quantitative estimate of drug-likeness (QED) is 0.479. The molecule has 2 nitrogen and oxygen atoms in total. The summed E-state index contributed by atoms with van der Waals surface area (Å²) >= 11 is 23.5. The summed E-state index contributed by atoms with van der Waals surface area (Å²) in [5, 5.41) is 1.86. The van der Waals surface area contributed by atoms with E-state index in [1.807, 2.05) is 0 Å². The molecule has 0 aliphatic rings. The number of benzene rings is 2. The molecule has 2 rings (SSSR count). The van der Waals surface area contributed by atoms with Crippen LogP contribution in [0.2, 0.25) is 20.1 Å². The Morgan fingerprint density at radius 3 is 2.41 bits per heavy atom.